The van der Waals surface area contributed by atoms with E-state index >= 15 is 0 Å². The van der Waals surface area contributed by atoms with E-state index in [0.29, 0.717) is 24.3 Å². The molecule has 2 aliphatic rings. The van der Waals surface area contributed by atoms with E-state index in [1.54, 1.807) is 6.92 Å². The largest absolute Gasteiger partial charge is 0.385 e. The maximum absolute atomic E-state index is 12.0. The lowest BCUT2D eigenvalue weighted by molar-refractivity contribution is -0.117. The van der Waals surface area contributed by atoms with Crippen molar-refractivity contribution in [1.82, 2.24) is 0 Å². The molecule has 0 aromatic carbocycles. The third-order valence-electron chi connectivity index (χ3n) is 4.11. The zero-order valence-corrected chi connectivity index (χ0v) is 11.2. The van der Waals surface area contributed by atoms with Crippen molar-refractivity contribution in [2.24, 2.45) is 11.8 Å². The summed E-state index contributed by atoms with van der Waals surface area (Å²) in [5, 5.41) is 10.5. The fourth-order valence-electron chi connectivity index (χ4n) is 2.96. The molecular weight excluding hydrogens is 212 g/mol. The van der Waals surface area contributed by atoms with Crippen molar-refractivity contribution in [3.8, 4) is 0 Å². The monoisotopic (exact) mass is 234 g/mol. The van der Waals surface area contributed by atoms with Crippen LogP contribution in [-0.2, 0) is 4.79 Å². The molecule has 0 radical (unpaired) electrons. The Bertz CT molecular complexity index is 411. The lowest BCUT2D eigenvalue weighted by atomic mass is 9.88. The van der Waals surface area contributed by atoms with Crippen LogP contribution in [0, 0.1) is 11.8 Å². The summed E-state index contributed by atoms with van der Waals surface area (Å²) in [4.78, 5) is 12.0. The van der Waals surface area contributed by atoms with E-state index in [1.165, 1.54) is 5.57 Å². The second-order valence-corrected chi connectivity index (χ2v) is 6.01. The minimum atomic E-state index is -0.940. The summed E-state index contributed by atoms with van der Waals surface area (Å²) in [6.07, 6.45) is 4.28. The van der Waals surface area contributed by atoms with E-state index in [1.807, 2.05) is 0 Å². The van der Waals surface area contributed by atoms with Crippen LogP contribution < -0.4 is 0 Å². The van der Waals surface area contributed by atoms with E-state index in [0.717, 1.165) is 12.0 Å². The highest BCUT2D eigenvalue weighted by Crippen LogP contribution is 2.42. The molecule has 0 spiro atoms. The van der Waals surface area contributed by atoms with Gasteiger partial charge in [-0.05, 0) is 37.2 Å². The van der Waals surface area contributed by atoms with Gasteiger partial charge in [0.05, 0.1) is 5.60 Å². The molecule has 0 saturated carbocycles. The summed E-state index contributed by atoms with van der Waals surface area (Å²) in [7, 11) is 0. The normalized spacial score (nSPS) is 33.9. The number of hydrogen-bond acceptors (Lipinski definition) is 2. The molecule has 17 heavy (non-hydrogen) atoms. The summed E-state index contributed by atoms with van der Waals surface area (Å²) < 4.78 is 0. The van der Waals surface area contributed by atoms with Crippen molar-refractivity contribution < 1.29 is 9.90 Å². The van der Waals surface area contributed by atoms with Gasteiger partial charge in [-0.15, -0.1) is 0 Å². The number of ketones is 1. The van der Waals surface area contributed by atoms with Crippen molar-refractivity contribution >= 4 is 5.78 Å². The Kier molecular flexibility index (Phi) is 3.03. The van der Waals surface area contributed by atoms with Gasteiger partial charge in [-0.3, -0.25) is 4.79 Å². The summed E-state index contributed by atoms with van der Waals surface area (Å²) in [5.74, 6) is 0.884. The van der Waals surface area contributed by atoms with Crippen LogP contribution >= 0.6 is 0 Å². The van der Waals surface area contributed by atoms with Gasteiger partial charge in [0.1, 0.15) is 0 Å². The van der Waals surface area contributed by atoms with Crippen LogP contribution in [0.25, 0.3) is 0 Å². The van der Waals surface area contributed by atoms with E-state index in [4.69, 9.17) is 0 Å². The van der Waals surface area contributed by atoms with Crippen molar-refractivity contribution in [2.45, 2.75) is 52.6 Å². The summed E-state index contributed by atoms with van der Waals surface area (Å²) in [5.41, 5.74) is 2.18. The predicted octanol–water partition coefficient (Wildman–Crippen LogP) is 3.02. The van der Waals surface area contributed by atoms with Crippen LogP contribution in [0.5, 0.6) is 0 Å². The zero-order valence-electron chi connectivity index (χ0n) is 11.2. The highest BCUT2D eigenvalue weighted by Gasteiger charge is 2.40. The molecule has 0 unspecified atom stereocenters. The number of carbonyl (C=O) groups is 1. The Morgan fingerprint density at radius 1 is 1.47 bits per heavy atom. The maximum atomic E-state index is 12.0. The Balaban J connectivity index is 2.52. The molecule has 0 aromatic heterocycles. The summed E-state index contributed by atoms with van der Waals surface area (Å²) in [6, 6.07) is 0. The number of Topliss-reactive ketones (excluding diaryl/α,β-unsaturated/α-hetero) is 1. The van der Waals surface area contributed by atoms with Crippen LogP contribution in [0.1, 0.15) is 47.0 Å². The van der Waals surface area contributed by atoms with Gasteiger partial charge in [0.25, 0.3) is 0 Å². The minimum absolute atomic E-state index is 0.138. The Labute approximate surface area is 103 Å². The van der Waals surface area contributed by atoms with Crippen molar-refractivity contribution in [2.75, 3.05) is 0 Å². The molecule has 0 aromatic rings. The van der Waals surface area contributed by atoms with Crippen molar-refractivity contribution in [3.63, 3.8) is 0 Å². The molecule has 1 N–H and O–H groups in total. The first-order valence-electron chi connectivity index (χ1n) is 6.53. The maximum Gasteiger partial charge on any atom is 0.162 e. The van der Waals surface area contributed by atoms with Gasteiger partial charge in [0.15, 0.2) is 5.78 Å². The molecule has 0 heterocycles. The number of allylic oxidation sites excluding steroid dienone is 3. The van der Waals surface area contributed by atoms with Gasteiger partial charge < -0.3 is 5.11 Å². The Morgan fingerprint density at radius 3 is 2.71 bits per heavy atom. The first-order chi connectivity index (χ1) is 7.83. The van der Waals surface area contributed by atoms with Crippen LogP contribution in [0.3, 0.4) is 0 Å². The molecule has 2 atom stereocenters. The van der Waals surface area contributed by atoms with Crippen LogP contribution in [0.4, 0.5) is 0 Å². The van der Waals surface area contributed by atoms with Crippen LogP contribution in [0.2, 0.25) is 0 Å². The number of aliphatic hydroxyl groups is 1. The van der Waals surface area contributed by atoms with Gasteiger partial charge in [0.2, 0.25) is 0 Å². The third kappa shape index (κ3) is 2.11. The average Bonchev–Trinajstić information content (AvgIpc) is 2.40. The van der Waals surface area contributed by atoms with Gasteiger partial charge >= 0.3 is 0 Å². The lowest BCUT2D eigenvalue weighted by Gasteiger charge is -2.24. The summed E-state index contributed by atoms with van der Waals surface area (Å²) >= 11 is 0. The van der Waals surface area contributed by atoms with Gasteiger partial charge in [-0.25, -0.2) is 0 Å². The standard InChI is InChI=1S/C15H22O2/c1-9(2)11-5-6-15(4,17)14-12(8-11)10(3)7-13(14)16/h8-10,17H,5-7H2,1-4H3/t10-,15+/m1/s1. The molecule has 94 valence electrons. The molecule has 2 rings (SSSR count). The van der Waals surface area contributed by atoms with Gasteiger partial charge in [0, 0.05) is 12.0 Å². The number of carbonyl (C=O) groups excluding carboxylic acids is 1. The van der Waals surface area contributed by atoms with Gasteiger partial charge in [-0.2, -0.15) is 0 Å². The van der Waals surface area contributed by atoms with E-state index in [-0.39, 0.29) is 11.7 Å². The lowest BCUT2D eigenvalue weighted by Crippen LogP contribution is -2.30. The van der Waals surface area contributed by atoms with E-state index in [9.17, 15) is 9.90 Å². The molecule has 0 bridgehead atoms. The topological polar surface area (TPSA) is 37.3 Å². The molecule has 0 saturated heterocycles. The predicted molar refractivity (Wildman–Crippen MR) is 68.6 cm³/mol. The minimum Gasteiger partial charge on any atom is -0.385 e. The Hall–Kier alpha value is -0.890. The molecule has 2 aliphatic carbocycles. The van der Waals surface area contributed by atoms with Crippen LogP contribution in [0.15, 0.2) is 22.8 Å². The highest BCUT2D eigenvalue weighted by molar-refractivity contribution is 6.01. The first kappa shape index (κ1) is 12.6. The smallest absolute Gasteiger partial charge is 0.162 e. The molecule has 0 fully saturated rings. The number of rotatable bonds is 1. The van der Waals surface area contributed by atoms with Gasteiger partial charge in [-0.1, -0.05) is 32.4 Å². The van der Waals surface area contributed by atoms with Crippen LogP contribution in [-0.4, -0.2) is 16.5 Å². The number of hydrogen-bond donors (Lipinski definition) is 1. The average molecular weight is 234 g/mol. The molecule has 2 heteroatoms. The molecular formula is C15H22O2. The zero-order chi connectivity index (χ0) is 12.8. The Morgan fingerprint density at radius 2 is 2.12 bits per heavy atom. The fraction of sp³-hybridized carbons (Fsp3) is 0.667. The van der Waals surface area contributed by atoms with Crippen molar-refractivity contribution in [3.05, 3.63) is 22.8 Å². The first-order valence-corrected chi connectivity index (χ1v) is 6.53. The molecule has 2 nitrogen and oxygen atoms in total. The second kappa shape index (κ2) is 4.09. The molecule has 0 amide bonds. The second-order valence-electron chi connectivity index (χ2n) is 6.01. The fourth-order valence-corrected chi connectivity index (χ4v) is 2.96. The molecule has 0 aliphatic heterocycles. The quantitative estimate of drug-likeness (QED) is 0.757. The highest BCUT2D eigenvalue weighted by atomic mass is 16.3. The third-order valence-corrected chi connectivity index (χ3v) is 4.11. The van der Waals surface area contributed by atoms with Crippen molar-refractivity contribution in [1.29, 1.82) is 0 Å². The van der Waals surface area contributed by atoms with E-state index < -0.39 is 5.60 Å². The SMILES string of the molecule is CC(C)C1=CC2=C(C(=O)C[C@H]2C)[C@@](C)(O)CC1. The summed E-state index contributed by atoms with van der Waals surface area (Å²) in [6.45, 7) is 8.21. The van der Waals surface area contributed by atoms with E-state index in [2.05, 4.69) is 26.8 Å².